The van der Waals surface area contributed by atoms with Crippen LogP contribution in [0.4, 0.5) is 8.78 Å². The smallest absolute Gasteiger partial charge is 0.239 e. The quantitative estimate of drug-likeness (QED) is 0.684. The summed E-state index contributed by atoms with van der Waals surface area (Å²) in [6.45, 7) is 11.3. The van der Waals surface area contributed by atoms with Crippen molar-refractivity contribution in [1.29, 1.82) is 0 Å². The van der Waals surface area contributed by atoms with E-state index in [0.717, 1.165) is 25.9 Å². The molecule has 2 atom stereocenters. The molecule has 0 N–H and O–H groups in total. The summed E-state index contributed by atoms with van der Waals surface area (Å²) in [5, 5.41) is 0. The number of hydrogen-bond acceptors (Lipinski definition) is 1. The van der Waals surface area contributed by atoms with Crippen LogP contribution in [-0.2, 0) is 4.74 Å². The molecule has 0 saturated carbocycles. The minimum absolute atomic E-state index is 0.00651. The fourth-order valence-electron chi connectivity index (χ4n) is 3.03. The van der Waals surface area contributed by atoms with Crippen LogP contribution in [0.25, 0.3) is 0 Å². The van der Waals surface area contributed by atoms with E-state index in [1.807, 2.05) is 13.8 Å². The SMILES string of the molecule is CC(C)(C)CC1CC(CC(C)(C)CC(F)F)CO1. The van der Waals surface area contributed by atoms with Crippen molar-refractivity contribution in [3.8, 4) is 0 Å². The third-order valence-corrected chi connectivity index (χ3v) is 3.55. The van der Waals surface area contributed by atoms with Gasteiger partial charge in [0.05, 0.1) is 6.10 Å². The van der Waals surface area contributed by atoms with Gasteiger partial charge < -0.3 is 4.74 Å². The van der Waals surface area contributed by atoms with E-state index < -0.39 is 6.43 Å². The fraction of sp³-hybridized carbons (Fsp3) is 1.00. The highest BCUT2D eigenvalue weighted by atomic mass is 19.3. The van der Waals surface area contributed by atoms with Crippen LogP contribution in [0.3, 0.4) is 0 Å². The second-order valence-electron chi connectivity index (χ2n) is 7.79. The van der Waals surface area contributed by atoms with Crippen molar-refractivity contribution >= 4 is 0 Å². The zero-order valence-corrected chi connectivity index (χ0v) is 12.4. The van der Waals surface area contributed by atoms with E-state index in [9.17, 15) is 8.78 Å². The second-order valence-corrected chi connectivity index (χ2v) is 7.79. The van der Waals surface area contributed by atoms with Crippen molar-refractivity contribution in [3.05, 3.63) is 0 Å². The summed E-state index contributed by atoms with van der Waals surface area (Å²) in [5.74, 6) is 0.450. The maximum atomic E-state index is 12.5. The van der Waals surface area contributed by atoms with Crippen LogP contribution in [0.5, 0.6) is 0 Å². The van der Waals surface area contributed by atoms with E-state index in [1.165, 1.54) is 0 Å². The summed E-state index contributed by atoms with van der Waals surface area (Å²) in [5.41, 5.74) is -0.00311. The molecule has 18 heavy (non-hydrogen) atoms. The van der Waals surface area contributed by atoms with Gasteiger partial charge in [0, 0.05) is 13.0 Å². The van der Waals surface area contributed by atoms with Gasteiger partial charge in [-0.05, 0) is 36.0 Å². The van der Waals surface area contributed by atoms with Gasteiger partial charge in [-0.25, -0.2) is 8.78 Å². The third-order valence-electron chi connectivity index (χ3n) is 3.55. The summed E-state index contributed by atoms with van der Waals surface area (Å²) < 4.78 is 30.7. The van der Waals surface area contributed by atoms with Gasteiger partial charge in [0.2, 0.25) is 6.43 Å². The summed E-state index contributed by atoms with van der Waals surface area (Å²) in [6.07, 6.45) is 1.04. The Balaban J connectivity index is 2.38. The number of halogens is 2. The summed E-state index contributed by atoms with van der Waals surface area (Å²) in [7, 11) is 0. The topological polar surface area (TPSA) is 9.23 Å². The minimum atomic E-state index is -2.20. The molecule has 1 aliphatic heterocycles. The van der Waals surface area contributed by atoms with Gasteiger partial charge >= 0.3 is 0 Å². The number of rotatable bonds is 5. The van der Waals surface area contributed by atoms with Crippen molar-refractivity contribution in [2.75, 3.05) is 6.61 Å². The van der Waals surface area contributed by atoms with Crippen molar-refractivity contribution in [2.24, 2.45) is 16.7 Å². The van der Waals surface area contributed by atoms with Crippen LogP contribution in [0.15, 0.2) is 0 Å². The molecule has 108 valence electrons. The van der Waals surface area contributed by atoms with Crippen LogP contribution in [0.1, 0.15) is 60.3 Å². The van der Waals surface area contributed by atoms with Gasteiger partial charge in [-0.15, -0.1) is 0 Å². The molecule has 0 aromatic heterocycles. The molecule has 0 aromatic carbocycles. The fourth-order valence-corrected chi connectivity index (χ4v) is 3.03. The highest BCUT2D eigenvalue weighted by Gasteiger charge is 2.33. The molecule has 2 unspecified atom stereocenters. The highest BCUT2D eigenvalue weighted by molar-refractivity contribution is 4.82. The van der Waals surface area contributed by atoms with Gasteiger partial charge in [-0.3, -0.25) is 0 Å². The first kappa shape index (κ1) is 15.9. The highest BCUT2D eigenvalue weighted by Crippen LogP contribution is 2.38. The van der Waals surface area contributed by atoms with Crippen LogP contribution in [0, 0.1) is 16.7 Å². The molecule has 1 rings (SSSR count). The minimum Gasteiger partial charge on any atom is -0.378 e. The van der Waals surface area contributed by atoms with E-state index in [2.05, 4.69) is 20.8 Å². The molecule has 1 heterocycles. The molecule has 3 heteroatoms. The molecule has 0 amide bonds. The van der Waals surface area contributed by atoms with Gasteiger partial charge in [0.15, 0.2) is 0 Å². The Morgan fingerprint density at radius 1 is 1.11 bits per heavy atom. The number of ether oxygens (including phenoxy) is 1. The third kappa shape index (κ3) is 6.12. The molecule has 1 aliphatic rings. The van der Waals surface area contributed by atoms with E-state index >= 15 is 0 Å². The Bertz CT molecular complexity index is 256. The Hall–Kier alpha value is -0.180. The van der Waals surface area contributed by atoms with Crippen molar-refractivity contribution in [2.45, 2.75) is 72.8 Å². The van der Waals surface area contributed by atoms with Gasteiger partial charge in [0.1, 0.15) is 0 Å². The molecule has 0 spiro atoms. The molecule has 0 radical (unpaired) electrons. The number of alkyl halides is 2. The molecule has 0 aliphatic carbocycles. The van der Waals surface area contributed by atoms with Gasteiger partial charge in [-0.2, -0.15) is 0 Å². The van der Waals surface area contributed by atoms with Crippen molar-refractivity contribution in [3.63, 3.8) is 0 Å². The maximum Gasteiger partial charge on any atom is 0.239 e. The van der Waals surface area contributed by atoms with Crippen LogP contribution >= 0.6 is 0 Å². The Morgan fingerprint density at radius 2 is 1.72 bits per heavy atom. The largest absolute Gasteiger partial charge is 0.378 e. The molecule has 1 fully saturated rings. The average molecular weight is 262 g/mol. The monoisotopic (exact) mass is 262 g/mol. The lowest BCUT2D eigenvalue weighted by molar-refractivity contribution is 0.0626. The Labute approximate surface area is 110 Å². The summed E-state index contributed by atoms with van der Waals surface area (Å²) in [4.78, 5) is 0. The average Bonchev–Trinajstić information content (AvgIpc) is 2.44. The van der Waals surface area contributed by atoms with Crippen molar-refractivity contribution < 1.29 is 13.5 Å². The van der Waals surface area contributed by atoms with E-state index in [4.69, 9.17) is 4.74 Å². The molecule has 0 bridgehead atoms. The standard InChI is InChI=1S/C15H28F2O/c1-14(2,3)8-12-6-11(10-18-12)7-15(4,5)9-13(16)17/h11-13H,6-10H2,1-5H3. The van der Waals surface area contributed by atoms with Crippen LogP contribution < -0.4 is 0 Å². The van der Waals surface area contributed by atoms with Gasteiger partial charge in [-0.1, -0.05) is 34.6 Å². The normalized spacial score (nSPS) is 26.0. The van der Waals surface area contributed by atoms with E-state index in [1.54, 1.807) is 0 Å². The lowest BCUT2D eigenvalue weighted by Crippen LogP contribution is -2.21. The Morgan fingerprint density at radius 3 is 2.22 bits per heavy atom. The second kappa shape index (κ2) is 5.85. The first-order valence-electron chi connectivity index (χ1n) is 6.97. The number of hydrogen-bond donors (Lipinski definition) is 0. The van der Waals surface area contributed by atoms with Gasteiger partial charge in [0.25, 0.3) is 0 Å². The molecule has 1 nitrogen and oxygen atoms in total. The van der Waals surface area contributed by atoms with E-state index in [-0.39, 0.29) is 17.3 Å². The van der Waals surface area contributed by atoms with Crippen LogP contribution in [0.2, 0.25) is 0 Å². The van der Waals surface area contributed by atoms with E-state index in [0.29, 0.717) is 12.0 Å². The van der Waals surface area contributed by atoms with Crippen molar-refractivity contribution in [1.82, 2.24) is 0 Å². The predicted molar refractivity (Wildman–Crippen MR) is 70.9 cm³/mol. The Kier molecular flexibility index (Phi) is 5.16. The molecule has 1 saturated heterocycles. The first-order valence-corrected chi connectivity index (χ1v) is 6.97. The first-order chi connectivity index (χ1) is 8.07. The molecular formula is C15H28F2O. The molecular weight excluding hydrogens is 234 g/mol. The lowest BCUT2D eigenvalue weighted by Gasteiger charge is -2.27. The lowest BCUT2D eigenvalue weighted by atomic mass is 9.78. The predicted octanol–water partition coefficient (Wildman–Crippen LogP) is 4.90. The maximum absolute atomic E-state index is 12.5. The molecule has 0 aromatic rings. The van der Waals surface area contributed by atoms with Crippen LogP contribution in [-0.4, -0.2) is 19.1 Å². The zero-order valence-electron chi connectivity index (χ0n) is 12.4. The zero-order chi connectivity index (χ0) is 14.0. The summed E-state index contributed by atoms with van der Waals surface area (Å²) >= 11 is 0. The summed E-state index contributed by atoms with van der Waals surface area (Å²) in [6, 6.07) is 0.